The van der Waals surface area contributed by atoms with Gasteiger partial charge < -0.3 is 25.2 Å². The standard InChI is InChI=1S/C19H24F3N5O3/c1-19(2,3)30-18(29)26-6-7-27-11(10-26)8-23-17(27)24-9-14(28)25-13-5-4-12(20)15(21)16(13)22/h4-5,11H,6-10H2,1-3H3,(H,23,24)(H,25,28). The fourth-order valence-corrected chi connectivity index (χ4v) is 3.20. The predicted molar refractivity (Wildman–Crippen MR) is 104 cm³/mol. The molecule has 0 aromatic heterocycles. The number of piperazine rings is 1. The Morgan fingerprint density at radius 1 is 1.20 bits per heavy atom. The fraction of sp³-hybridized carbons (Fsp3) is 0.526. The van der Waals surface area contributed by atoms with Gasteiger partial charge in [-0.3, -0.25) is 9.79 Å². The summed E-state index contributed by atoms with van der Waals surface area (Å²) in [6, 6.07) is 1.64. The molecule has 3 rings (SSSR count). The second-order valence-corrected chi connectivity index (χ2v) is 8.06. The first-order chi connectivity index (χ1) is 14.0. The van der Waals surface area contributed by atoms with Crippen molar-refractivity contribution in [2.45, 2.75) is 32.4 Å². The lowest BCUT2D eigenvalue weighted by Crippen LogP contribution is -2.58. The highest BCUT2D eigenvalue weighted by atomic mass is 19.2. The highest BCUT2D eigenvalue weighted by Gasteiger charge is 2.36. The first-order valence-corrected chi connectivity index (χ1v) is 9.51. The van der Waals surface area contributed by atoms with Crippen LogP contribution in [0.15, 0.2) is 17.1 Å². The number of aliphatic imine (C=N–C) groups is 1. The second kappa shape index (κ2) is 8.41. The highest BCUT2D eigenvalue weighted by molar-refractivity contribution is 5.95. The molecule has 1 atom stereocenters. The number of nitrogens with one attached hydrogen (secondary N) is 2. The first-order valence-electron chi connectivity index (χ1n) is 9.51. The van der Waals surface area contributed by atoms with Crippen LogP contribution in [0.4, 0.5) is 23.7 Å². The quantitative estimate of drug-likeness (QED) is 0.720. The van der Waals surface area contributed by atoms with Crippen LogP contribution in [-0.4, -0.2) is 72.1 Å². The topological polar surface area (TPSA) is 86.3 Å². The van der Waals surface area contributed by atoms with Gasteiger partial charge in [0.05, 0.1) is 24.8 Å². The Balaban J connectivity index is 1.50. The molecule has 1 unspecified atom stereocenters. The number of hydrogen-bond donors (Lipinski definition) is 2. The smallest absolute Gasteiger partial charge is 0.410 e. The normalized spacial score (nSPS) is 18.6. The molecule has 1 fully saturated rings. The van der Waals surface area contributed by atoms with E-state index in [2.05, 4.69) is 15.6 Å². The van der Waals surface area contributed by atoms with Gasteiger partial charge in [0.1, 0.15) is 5.60 Å². The number of hydrogen-bond acceptors (Lipinski definition) is 6. The number of ether oxygens (including phenoxy) is 1. The fourth-order valence-electron chi connectivity index (χ4n) is 3.20. The van der Waals surface area contributed by atoms with Crippen molar-refractivity contribution in [1.29, 1.82) is 0 Å². The summed E-state index contributed by atoms with van der Waals surface area (Å²) in [6.45, 7) is 7.01. The van der Waals surface area contributed by atoms with Crippen LogP contribution in [0.1, 0.15) is 20.8 Å². The van der Waals surface area contributed by atoms with Crippen molar-refractivity contribution in [3.63, 3.8) is 0 Å². The Morgan fingerprint density at radius 2 is 1.93 bits per heavy atom. The van der Waals surface area contributed by atoms with E-state index in [0.717, 1.165) is 12.1 Å². The molecule has 2 heterocycles. The third-order valence-corrected chi connectivity index (χ3v) is 4.57. The summed E-state index contributed by atoms with van der Waals surface area (Å²) in [5, 5.41) is 5.06. The minimum Gasteiger partial charge on any atom is -0.444 e. The predicted octanol–water partition coefficient (Wildman–Crippen LogP) is 1.92. The number of nitrogens with zero attached hydrogens (tertiary/aromatic N) is 3. The van der Waals surface area contributed by atoms with E-state index in [4.69, 9.17) is 4.74 Å². The maximum atomic E-state index is 13.7. The molecule has 1 saturated heterocycles. The lowest BCUT2D eigenvalue weighted by atomic mass is 10.2. The van der Waals surface area contributed by atoms with Crippen LogP contribution < -0.4 is 10.6 Å². The molecule has 2 amide bonds. The summed E-state index contributed by atoms with van der Waals surface area (Å²) in [7, 11) is 0. The molecule has 0 bridgehead atoms. The molecule has 0 aliphatic carbocycles. The van der Waals surface area contributed by atoms with E-state index >= 15 is 0 Å². The van der Waals surface area contributed by atoms with Gasteiger partial charge in [-0.2, -0.15) is 0 Å². The van der Waals surface area contributed by atoms with E-state index in [9.17, 15) is 22.8 Å². The number of anilines is 1. The van der Waals surface area contributed by atoms with Crippen LogP contribution in [-0.2, 0) is 9.53 Å². The van der Waals surface area contributed by atoms with Crippen molar-refractivity contribution < 1.29 is 27.5 Å². The number of halogens is 3. The van der Waals surface area contributed by atoms with Crippen molar-refractivity contribution in [2.24, 2.45) is 4.99 Å². The molecule has 11 heteroatoms. The molecule has 0 radical (unpaired) electrons. The minimum atomic E-state index is -1.65. The van der Waals surface area contributed by atoms with Crippen LogP contribution in [0.3, 0.4) is 0 Å². The van der Waals surface area contributed by atoms with E-state index in [0.29, 0.717) is 32.1 Å². The first kappa shape index (κ1) is 21.7. The molecule has 1 aromatic rings. The SMILES string of the molecule is CC(C)(C)OC(=O)N1CCN2C(NCC(=O)Nc3ccc(F)c(F)c3F)=NCC2C1. The average molecular weight is 427 g/mol. The lowest BCUT2D eigenvalue weighted by molar-refractivity contribution is -0.115. The summed E-state index contributed by atoms with van der Waals surface area (Å²) in [5.74, 6) is -4.59. The van der Waals surface area contributed by atoms with E-state index in [1.165, 1.54) is 0 Å². The highest BCUT2D eigenvalue weighted by Crippen LogP contribution is 2.20. The maximum absolute atomic E-state index is 13.7. The van der Waals surface area contributed by atoms with Crippen LogP contribution in [0.5, 0.6) is 0 Å². The van der Waals surface area contributed by atoms with Gasteiger partial charge >= 0.3 is 6.09 Å². The van der Waals surface area contributed by atoms with Crippen molar-refractivity contribution in [2.75, 3.05) is 38.0 Å². The average Bonchev–Trinajstić information content (AvgIpc) is 3.08. The number of benzene rings is 1. The van der Waals surface area contributed by atoms with Gasteiger partial charge in [0.2, 0.25) is 5.91 Å². The molecule has 8 nitrogen and oxygen atoms in total. The van der Waals surface area contributed by atoms with E-state index in [1.807, 2.05) is 4.90 Å². The monoisotopic (exact) mass is 427 g/mol. The summed E-state index contributed by atoms with van der Waals surface area (Å²) in [5.41, 5.74) is -1.02. The summed E-state index contributed by atoms with van der Waals surface area (Å²) >= 11 is 0. The van der Waals surface area contributed by atoms with Gasteiger partial charge in [-0.15, -0.1) is 0 Å². The van der Waals surface area contributed by atoms with Crippen LogP contribution in [0.2, 0.25) is 0 Å². The molecule has 2 aliphatic rings. The van der Waals surface area contributed by atoms with Crippen molar-refractivity contribution in [3.8, 4) is 0 Å². The van der Waals surface area contributed by atoms with E-state index in [1.54, 1.807) is 25.7 Å². The maximum Gasteiger partial charge on any atom is 0.410 e. The Kier molecular flexibility index (Phi) is 6.09. The second-order valence-electron chi connectivity index (χ2n) is 8.06. The number of carbonyl (C=O) groups is 2. The zero-order valence-electron chi connectivity index (χ0n) is 17.0. The molecule has 1 aromatic carbocycles. The van der Waals surface area contributed by atoms with Gasteiger partial charge in [0.25, 0.3) is 0 Å². The third kappa shape index (κ3) is 4.95. The van der Waals surface area contributed by atoms with Crippen molar-refractivity contribution in [1.82, 2.24) is 15.1 Å². The van der Waals surface area contributed by atoms with E-state index in [-0.39, 0.29) is 18.7 Å². The van der Waals surface area contributed by atoms with Gasteiger partial charge in [0, 0.05) is 19.6 Å². The number of fused-ring (bicyclic) bond motifs is 1. The van der Waals surface area contributed by atoms with Gasteiger partial charge in [-0.05, 0) is 32.9 Å². The van der Waals surface area contributed by atoms with Crippen molar-refractivity contribution >= 4 is 23.6 Å². The minimum absolute atomic E-state index is 0.0412. The Labute approximate surface area is 172 Å². The summed E-state index contributed by atoms with van der Waals surface area (Å²) in [4.78, 5) is 32.2. The van der Waals surface area contributed by atoms with Crippen LogP contribution >= 0.6 is 0 Å². The van der Waals surface area contributed by atoms with Crippen LogP contribution in [0.25, 0.3) is 0 Å². The molecule has 0 saturated carbocycles. The number of carbonyl (C=O) groups excluding carboxylic acids is 2. The lowest BCUT2D eigenvalue weighted by Gasteiger charge is -2.39. The Morgan fingerprint density at radius 3 is 2.63 bits per heavy atom. The molecule has 0 spiro atoms. The van der Waals surface area contributed by atoms with Crippen LogP contribution in [0, 0.1) is 17.5 Å². The Bertz CT molecular complexity index is 872. The molecular weight excluding hydrogens is 403 g/mol. The molecule has 30 heavy (non-hydrogen) atoms. The number of guanidine groups is 1. The molecule has 164 valence electrons. The van der Waals surface area contributed by atoms with Gasteiger partial charge in [0.15, 0.2) is 23.4 Å². The van der Waals surface area contributed by atoms with Gasteiger partial charge in [-0.1, -0.05) is 0 Å². The zero-order valence-corrected chi connectivity index (χ0v) is 17.0. The summed E-state index contributed by atoms with van der Waals surface area (Å²) < 4.78 is 45.3. The molecule has 2 aliphatic heterocycles. The molecular formula is C19H24F3N5O3. The Hall–Kier alpha value is -2.98. The van der Waals surface area contributed by atoms with Crippen molar-refractivity contribution in [3.05, 3.63) is 29.6 Å². The largest absolute Gasteiger partial charge is 0.444 e. The summed E-state index contributed by atoms with van der Waals surface area (Å²) in [6.07, 6.45) is -0.378. The zero-order chi connectivity index (χ0) is 22.1. The number of rotatable bonds is 3. The van der Waals surface area contributed by atoms with E-state index < -0.39 is 34.6 Å². The molecule has 2 N–H and O–H groups in total. The number of amides is 2. The third-order valence-electron chi connectivity index (χ3n) is 4.57. The van der Waals surface area contributed by atoms with Gasteiger partial charge in [-0.25, -0.2) is 18.0 Å².